The summed E-state index contributed by atoms with van der Waals surface area (Å²) in [6, 6.07) is 15.0. The molecule has 0 saturated carbocycles. The lowest BCUT2D eigenvalue weighted by Gasteiger charge is -2.08. The van der Waals surface area contributed by atoms with Crippen LogP contribution in [0, 0.1) is 0 Å². The molecule has 0 atom stereocenters. The lowest BCUT2D eigenvalue weighted by Crippen LogP contribution is -2.21. The number of carbonyl (C=O) groups excluding carboxylic acids is 1. The number of hydrogen-bond donors (Lipinski definition) is 2. The molecule has 0 radical (unpaired) electrons. The SMILES string of the molecule is CCOc1ccc(NC(=O)CCNCc2ccc(Cl)cc2)cc1. The van der Waals surface area contributed by atoms with Crippen LogP contribution in [-0.4, -0.2) is 19.1 Å². The maximum atomic E-state index is 11.9. The van der Waals surface area contributed by atoms with Gasteiger partial charge in [0.25, 0.3) is 0 Å². The third kappa shape index (κ3) is 6.30. The van der Waals surface area contributed by atoms with E-state index in [0.717, 1.165) is 22.0 Å². The third-order valence-electron chi connectivity index (χ3n) is 3.22. The van der Waals surface area contributed by atoms with Crippen LogP contribution in [0.5, 0.6) is 5.75 Å². The summed E-state index contributed by atoms with van der Waals surface area (Å²) >= 11 is 5.84. The molecule has 0 bridgehead atoms. The van der Waals surface area contributed by atoms with Gasteiger partial charge < -0.3 is 15.4 Å². The Morgan fingerprint density at radius 3 is 2.43 bits per heavy atom. The fourth-order valence-electron chi connectivity index (χ4n) is 2.06. The van der Waals surface area contributed by atoms with Crippen molar-refractivity contribution >= 4 is 23.2 Å². The van der Waals surface area contributed by atoms with Gasteiger partial charge in [0.05, 0.1) is 6.61 Å². The van der Waals surface area contributed by atoms with Gasteiger partial charge in [-0.25, -0.2) is 0 Å². The van der Waals surface area contributed by atoms with Gasteiger partial charge in [-0.3, -0.25) is 4.79 Å². The Kier molecular flexibility index (Phi) is 6.91. The number of hydrogen-bond acceptors (Lipinski definition) is 3. The minimum absolute atomic E-state index is 0.0160. The van der Waals surface area contributed by atoms with Crippen LogP contribution < -0.4 is 15.4 Å². The van der Waals surface area contributed by atoms with Gasteiger partial charge in [-0.2, -0.15) is 0 Å². The Hall–Kier alpha value is -2.04. The molecular formula is C18H21ClN2O2. The Morgan fingerprint density at radius 1 is 1.09 bits per heavy atom. The first kappa shape index (κ1) is 17.3. The van der Waals surface area contributed by atoms with Gasteiger partial charge in [-0.15, -0.1) is 0 Å². The summed E-state index contributed by atoms with van der Waals surface area (Å²) in [6.07, 6.45) is 0.417. The minimum Gasteiger partial charge on any atom is -0.494 e. The van der Waals surface area contributed by atoms with Gasteiger partial charge in [0.1, 0.15) is 5.75 Å². The molecule has 0 heterocycles. The molecule has 1 amide bonds. The molecule has 0 spiro atoms. The minimum atomic E-state index is -0.0160. The summed E-state index contributed by atoms with van der Waals surface area (Å²) in [7, 11) is 0. The van der Waals surface area contributed by atoms with Crippen LogP contribution in [0.15, 0.2) is 48.5 Å². The van der Waals surface area contributed by atoms with Gasteiger partial charge in [0, 0.05) is 30.2 Å². The second-order valence-electron chi connectivity index (χ2n) is 5.06. The number of anilines is 1. The highest BCUT2D eigenvalue weighted by atomic mass is 35.5. The van der Waals surface area contributed by atoms with Crippen molar-refractivity contribution in [3.63, 3.8) is 0 Å². The maximum absolute atomic E-state index is 11.9. The molecule has 0 fully saturated rings. The number of carbonyl (C=O) groups is 1. The predicted molar refractivity (Wildman–Crippen MR) is 94.0 cm³/mol. The van der Waals surface area contributed by atoms with Crippen LogP contribution in [0.3, 0.4) is 0 Å². The molecule has 122 valence electrons. The number of amides is 1. The van der Waals surface area contributed by atoms with E-state index in [-0.39, 0.29) is 5.91 Å². The van der Waals surface area contributed by atoms with Gasteiger partial charge in [-0.1, -0.05) is 23.7 Å². The Labute approximate surface area is 141 Å². The maximum Gasteiger partial charge on any atom is 0.225 e. The van der Waals surface area contributed by atoms with E-state index in [2.05, 4.69) is 10.6 Å². The molecule has 2 rings (SSSR count). The first-order chi connectivity index (χ1) is 11.2. The summed E-state index contributed by atoms with van der Waals surface area (Å²) in [6.45, 7) is 3.90. The molecule has 0 saturated heterocycles. The molecule has 4 nitrogen and oxygen atoms in total. The monoisotopic (exact) mass is 332 g/mol. The Bertz CT molecular complexity index is 612. The fourth-order valence-corrected chi connectivity index (χ4v) is 2.19. The second-order valence-corrected chi connectivity index (χ2v) is 5.50. The van der Waals surface area contributed by atoms with E-state index in [9.17, 15) is 4.79 Å². The largest absolute Gasteiger partial charge is 0.494 e. The zero-order valence-corrected chi connectivity index (χ0v) is 13.9. The molecule has 0 aromatic heterocycles. The first-order valence-corrected chi connectivity index (χ1v) is 8.03. The summed E-state index contributed by atoms with van der Waals surface area (Å²) in [5, 5.41) is 6.83. The van der Waals surface area contributed by atoms with Gasteiger partial charge in [0.15, 0.2) is 0 Å². The average Bonchev–Trinajstić information content (AvgIpc) is 2.55. The van der Waals surface area contributed by atoms with Crippen molar-refractivity contribution in [1.82, 2.24) is 5.32 Å². The topological polar surface area (TPSA) is 50.4 Å². The van der Waals surface area contributed by atoms with Crippen molar-refractivity contribution in [3.8, 4) is 5.75 Å². The van der Waals surface area contributed by atoms with Crippen molar-refractivity contribution in [2.75, 3.05) is 18.5 Å². The quantitative estimate of drug-likeness (QED) is 0.722. The summed E-state index contributed by atoms with van der Waals surface area (Å²) in [5.41, 5.74) is 1.91. The zero-order valence-electron chi connectivity index (χ0n) is 13.1. The number of benzene rings is 2. The Morgan fingerprint density at radius 2 is 1.78 bits per heavy atom. The van der Waals surface area contributed by atoms with Gasteiger partial charge in [0.2, 0.25) is 5.91 Å². The molecule has 2 aromatic rings. The predicted octanol–water partition coefficient (Wildman–Crippen LogP) is 3.86. The molecule has 5 heteroatoms. The van der Waals surface area contributed by atoms with E-state index >= 15 is 0 Å². The molecular weight excluding hydrogens is 312 g/mol. The van der Waals surface area contributed by atoms with Crippen molar-refractivity contribution < 1.29 is 9.53 Å². The van der Waals surface area contributed by atoms with Crippen molar-refractivity contribution in [2.24, 2.45) is 0 Å². The first-order valence-electron chi connectivity index (χ1n) is 7.65. The number of ether oxygens (including phenoxy) is 1. The van der Waals surface area contributed by atoms with E-state index in [1.807, 2.05) is 55.5 Å². The second kappa shape index (κ2) is 9.18. The smallest absolute Gasteiger partial charge is 0.225 e. The van der Waals surface area contributed by atoms with Crippen molar-refractivity contribution in [3.05, 3.63) is 59.1 Å². The molecule has 2 N–H and O–H groups in total. The van der Waals surface area contributed by atoms with E-state index in [0.29, 0.717) is 26.1 Å². The number of rotatable bonds is 8. The molecule has 2 aromatic carbocycles. The van der Waals surface area contributed by atoms with Gasteiger partial charge in [-0.05, 0) is 48.9 Å². The van der Waals surface area contributed by atoms with Crippen LogP contribution >= 0.6 is 11.6 Å². The highest BCUT2D eigenvalue weighted by Crippen LogP contribution is 2.15. The molecule has 0 aliphatic heterocycles. The van der Waals surface area contributed by atoms with Crippen molar-refractivity contribution in [2.45, 2.75) is 19.9 Å². The summed E-state index contributed by atoms with van der Waals surface area (Å²) in [5.74, 6) is 0.785. The van der Waals surface area contributed by atoms with Crippen LogP contribution in [-0.2, 0) is 11.3 Å². The highest BCUT2D eigenvalue weighted by Gasteiger charge is 2.02. The van der Waals surface area contributed by atoms with E-state index in [4.69, 9.17) is 16.3 Å². The summed E-state index contributed by atoms with van der Waals surface area (Å²) < 4.78 is 5.36. The fraction of sp³-hybridized carbons (Fsp3) is 0.278. The standard InChI is InChI=1S/C18H21ClN2O2/c1-2-23-17-9-7-16(8-10-17)21-18(22)11-12-20-13-14-3-5-15(19)6-4-14/h3-10,20H,2,11-13H2,1H3,(H,21,22). The lowest BCUT2D eigenvalue weighted by molar-refractivity contribution is -0.116. The average molecular weight is 333 g/mol. The van der Waals surface area contributed by atoms with Crippen LogP contribution in [0.2, 0.25) is 5.02 Å². The highest BCUT2D eigenvalue weighted by molar-refractivity contribution is 6.30. The van der Waals surface area contributed by atoms with Gasteiger partial charge >= 0.3 is 0 Å². The number of nitrogens with one attached hydrogen (secondary N) is 2. The number of halogens is 1. The molecule has 0 aliphatic rings. The lowest BCUT2D eigenvalue weighted by atomic mass is 10.2. The normalized spacial score (nSPS) is 10.3. The molecule has 0 aliphatic carbocycles. The van der Waals surface area contributed by atoms with E-state index in [1.54, 1.807) is 0 Å². The zero-order chi connectivity index (χ0) is 16.5. The van der Waals surface area contributed by atoms with Crippen LogP contribution in [0.25, 0.3) is 0 Å². The summed E-state index contributed by atoms with van der Waals surface area (Å²) in [4.78, 5) is 11.9. The van der Waals surface area contributed by atoms with Crippen LogP contribution in [0.4, 0.5) is 5.69 Å². The van der Waals surface area contributed by atoms with E-state index in [1.165, 1.54) is 0 Å². The Balaban J connectivity index is 1.67. The van der Waals surface area contributed by atoms with Crippen molar-refractivity contribution in [1.29, 1.82) is 0 Å². The molecule has 23 heavy (non-hydrogen) atoms. The molecule has 0 unspecified atom stereocenters. The van der Waals surface area contributed by atoms with E-state index < -0.39 is 0 Å². The third-order valence-corrected chi connectivity index (χ3v) is 3.47. The van der Waals surface area contributed by atoms with Crippen LogP contribution in [0.1, 0.15) is 18.9 Å².